The van der Waals surface area contributed by atoms with Crippen molar-refractivity contribution in [1.29, 1.82) is 0 Å². The Kier molecular flexibility index (Phi) is 14.6. The molecule has 5 N–H and O–H groups in total. The monoisotopic (exact) mass is 695 g/mol. The fraction of sp³-hybridized carbons (Fsp3) is 0.595. The van der Waals surface area contributed by atoms with Crippen LogP contribution in [0.25, 0.3) is 0 Å². The highest BCUT2D eigenvalue weighted by molar-refractivity contribution is 5.88. The molecule has 2 aromatic rings. The molecule has 0 unspecified atom stereocenters. The van der Waals surface area contributed by atoms with Crippen molar-refractivity contribution < 1.29 is 29.4 Å². The molecule has 5 atom stereocenters. The number of aryl methyl sites for hydroxylation is 1. The third kappa shape index (κ3) is 11.7. The maximum Gasteiger partial charge on any atom is 0.405 e. The number of carboxylic acid groups (broad SMARTS) is 1. The molecule has 1 saturated heterocycles. The molecule has 1 aliphatic heterocycles. The second-order valence-corrected chi connectivity index (χ2v) is 14.9. The maximum absolute atomic E-state index is 14.2. The number of hydrogen-bond acceptors (Lipinski definition) is 7. The topological polar surface area (TPSA) is 167 Å². The molecule has 3 rings (SSSR count). The molecule has 0 spiro atoms. The maximum atomic E-state index is 14.2. The van der Waals surface area contributed by atoms with E-state index in [1.165, 1.54) is 0 Å². The van der Waals surface area contributed by atoms with Crippen molar-refractivity contribution in [2.75, 3.05) is 26.2 Å². The number of aliphatic hydroxyl groups excluding tert-OH is 1. The summed E-state index contributed by atoms with van der Waals surface area (Å²) in [6.07, 6.45) is -1.51. The number of amides is 5. The number of carbonyl (C=O) groups is 4. The number of pyridine rings is 1. The molecule has 5 amide bonds. The second kappa shape index (κ2) is 18.1. The number of urea groups is 1. The number of hydrazine groups is 1. The summed E-state index contributed by atoms with van der Waals surface area (Å²) in [5.41, 5.74) is 4.64. The van der Waals surface area contributed by atoms with E-state index in [2.05, 4.69) is 21.0 Å². The van der Waals surface area contributed by atoms with Gasteiger partial charge < -0.3 is 30.6 Å². The zero-order chi connectivity index (χ0) is 37.2. The van der Waals surface area contributed by atoms with E-state index < -0.39 is 41.6 Å². The lowest BCUT2D eigenvalue weighted by molar-refractivity contribution is -0.132. The van der Waals surface area contributed by atoms with Gasteiger partial charge in [0.25, 0.3) is 5.91 Å². The van der Waals surface area contributed by atoms with Gasteiger partial charge in [0.15, 0.2) is 0 Å². The smallest absolute Gasteiger partial charge is 0.405 e. The molecule has 0 saturated carbocycles. The van der Waals surface area contributed by atoms with Crippen LogP contribution in [0.15, 0.2) is 48.5 Å². The van der Waals surface area contributed by atoms with Crippen LogP contribution in [-0.4, -0.2) is 104 Å². The molecule has 1 aromatic heterocycles. The normalized spacial score (nSPS) is 16.6. The number of rotatable bonds is 17. The van der Waals surface area contributed by atoms with Gasteiger partial charge in [0.05, 0.1) is 24.4 Å². The van der Waals surface area contributed by atoms with E-state index >= 15 is 0 Å². The van der Waals surface area contributed by atoms with Crippen molar-refractivity contribution in [2.45, 2.75) is 99.0 Å². The van der Waals surface area contributed by atoms with Gasteiger partial charge in [-0.1, -0.05) is 91.3 Å². The fourth-order valence-electron chi connectivity index (χ4n) is 6.22. The molecule has 13 heteroatoms. The first-order chi connectivity index (χ1) is 23.5. The number of nitrogens with one attached hydrogen (secondary N) is 3. The lowest BCUT2D eigenvalue weighted by Gasteiger charge is -2.36. The highest BCUT2D eigenvalue weighted by Crippen LogP contribution is 2.23. The Morgan fingerprint density at radius 1 is 0.960 bits per heavy atom. The first-order valence-corrected chi connectivity index (χ1v) is 17.5. The zero-order valence-electron chi connectivity index (χ0n) is 30.8. The summed E-state index contributed by atoms with van der Waals surface area (Å²) >= 11 is 0. The summed E-state index contributed by atoms with van der Waals surface area (Å²) in [5.74, 6) is -0.996. The number of benzene rings is 1. The van der Waals surface area contributed by atoms with Crippen LogP contribution in [0.4, 0.5) is 9.59 Å². The molecule has 0 bridgehead atoms. The summed E-state index contributed by atoms with van der Waals surface area (Å²) in [5, 5.41) is 28.1. The van der Waals surface area contributed by atoms with Crippen molar-refractivity contribution in [3.05, 3.63) is 65.5 Å². The Bertz CT molecular complexity index is 1430. The summed E-state index contributed by atoms with van der Waals surface area (Å²) in [4.78, 5) is 60.7. The van der Waals surface area contributed by atoms with Gasteiger partial charge in [-0.05, 0) is 48.3 Å². The quantitative estimate of drug-likeness (QED) is 0.156. The third-order valence-electron chi connectivity index (χ3n) is 8.96. The van der Waals surface area contributed by atoms with Crippen molar-refractivity contribution in [3.63, 3.8) is 0 Å². The Hall–Kier alpha value is -4.23. The van der Waals surface area contributed by atoms with Crippen molar-refractivity contribution in [3.8, 4) is 0 Å². The summed E-state index contributed by atoms with van der Waals surface area (Å²) < 4.78 is 0. The van der Waals surface area contributed by atoms with Crippen LogP contribution in [0.3, 0.4) is 0 Å². The molecule has 0 aliphatic carbocycles. The number of aromatic nitrogens is 1. The Balaban J connectivity index is 1.85. The highest BCUT2D eigenvalue weighted by atomic mass is 16.4. The van der Waals surface area contributed by atoms with Crippen molar-refractivity contribution >= 4 is 23.9 Å². The molecular weight excluding hydrogens is 638 g/mol. The minimum atomic E-state index is -1.32. The first kappa shape index (κ1) is 40.2. The standard InChI is InChI=1S/C37H57N7O6/c1-9-25(4)31(44-19-18-42(36(44)50)22-28-17-13-14-26(5)38-28)33(46)39-29(20-27-15-11-10-12-16-27)30(45)23-43(21-24(2)3)41-34(47)32(37(6,7)8)40-35(48)49/h10-17,24-25,29-32,40,45H,9,18-23H2,1-8H3,(H,39,46)(H,41,47)(H,48,49)/t25-,29-,30-,31-,32+/m0/s1. The Morgan fingerprint density at radius 2 is 1.64 bits per heavy atom. The lowest BCUT2D eigenvalue weighted by Crippen LogP contribution is -2.61. The van der Waals surface area contributed by atoms with Gasteiger partial charge in [-0.15, -0.1) is 0 Å². The number of nitrogens with zero attached hydrogens (tertiary/aromatic N) is 4. The predicted molar refractivity (Wildman–Crippen MR) is 192 cm³/mol. The first-order valence-electron chi connectivity index (χ1n) is 17.5. The lowest BCUT2D eigenvalue weighted by atomic mass is 9.86. The van der Waals surface area contributed by atoms with E-state index in [1.807, 2.05) is 83.1 Å². The molecule has 50 heavy (non-hydrogen) atoms. The van der Waals surface area contributed by atoms with Gasteiger partial charge >= 0.3 is 12.1 Å². The molecule has 13 nitrogen and oxygen atoms in total. The van der Waals surface area contributed by atoms with Crippen LogP contribution in [0, 0.1) is 24.2 Å². The van der Waals surface area contributed by atoms with Crippen LogP contribution in [0.5, 0.6) is 0 Å². The van der Waals surface area contributed by atoms with Crippen LogP contribution < -0.4 is 16.1 Å². The zero-order valence-corrected chi connectivity index (χ0v) is 30.8. The summed E-state index contributed by atoms with van der Waals surface area (Å²) in [6.45, 7) is 16.6. The molecule has 0 radical (unpaired) electrons. The van der Waals surface area contributed by atoms with Gasteiger partial charge in [0, 0.05) is 31.9 Å². The average Bonchev–Trinajstić information content (AvgIpc) is 3.37. The fourth-order valence-corrected chi connectivity index (χ4v) is 6.22. The van der Waals surface area contributed by atoms with Crippen LogP contribution in [0.1, 0.15) is 71.8 Å². The highest BCUT2D eigenvalue weighted by Gasteiger charge is 2.41. The van der Waals surface area contributed by atoms with Gasteiger partial charge in [-0.25, -0.2) is 14.6 Å². The van der Waals surface area contributed by atoms with E-state index in [-0.39, 0.29) is 30.3 Å². The molecule has 276 valence electrons. The van der Waals surface area contributed by atoms with Crippen LogP contribution in [0.2, 0.25) is 0 Å². The minimum Gasteiger partial charge on any atom is -0.465 e. The van der Waals surface area contributed by atoms with Crippen molar-refractivity contribution in [2.24, 2.45) is 17.3 Å². The molecular formula is C37H57N7O6. The molecule has 2 heterocycles. The van der Waals surface area contributed by atoms with Crippen LogP contribution in [-0.2, 0) is 22.6 Å². The summed E-state index contributed by atoms with van der Waals surface area (Å²) in [6, 6.07) is 12.4. The third-order valence-corrected chi connectivity index (χ3v) is 8.96. The minimum absolute atomic E-state index is 0.0421. The summed E-state index contributed by atoms with van der Waals surface area (Å²) in [7, 11) is 0. The van der Waals surface area contributed by atoms with Gasteiger partial charge in [-0.2, -0.15) is 0 Å². The van der Waals surface area contributed by atoms with E-state index in [4.69, 9.17) is 0 Å². The molecule has 1 aliphatic rings. The predicted octanol–water partition coefficient (Wildman–Crippen LogP) is 3.80. The van der Waals surface area contributed by atoms with Gasteiger partial charge in [0.1, 0.15) is 12.1 Å². The van der Waals surface area contributed by atoms with E-state index in [1.54, 1.807) is 35.6 Å². The number of hydrogen-bond donors (Lipinski definition) is 5. The SMILES string of the molecule is CC[C@H](C)[C@@H](C(=O)N[C@@H](Cc1ccccc1)[C@@H](O)CN(CC(C)C)NC(=O)[C@@H](NC(=O)O)C(C)(C)C)N1CCN(Cc2cccc(C)n2)C1=O. The molecule has 1 aromatic carbocycles. The van der Waals surface area contributed by atoms with E-state index in [0.717, 1.165) is 17.0 Å². The largest absolute Gasteiger partial charge is 0.465 e. The van der Waals surface area contributed by atoms with Gasteiger partial charge in [-0.3, -0.25) is 20.0 Å². The van der Waals surface area contributed by atoms with E-state index in [9.17, 15) is 29.4 Å². The molecule has 1 fully saturated rings. The Morgan fingerprint density at radius 3 is 2.22 bits per heavy atom. The van der Waals surface area contributed by atoms with E-state index in [0.29, 0.717) is 39.0 Å². The second-order valence-electron chi connectivity index (χ2n) is 14.9. The Labute approximate surface area is 296 Å². The number of aliphatic hydroxyl groups is 1. The van der Waals surface area contributed by atoms with Crippen LogP contribution >= 0.6 is 0 Å². The number of carbonyl (C=O) groups excluding carboxylic acids is 3. The van der Waals surface area contributed by atoms with Crippen molar-refractivity contribution in [1.82, 2.24) is 35.9 Å². The average molecular weight is 696 g/mol. The van der Waals surface area contributed by atoms with Gasteiger partial charge in [0.2, 0.25) is 5.91 Å².